The highest BCUT2D eigenvalue weighted by Crippen LogP contribution is 2.42. The van der Waals surface area contributed by atoms with Crippen molar-refractivity contribution < 1.29 is 0 Å². The fourth-order valence-corrected chi connectivity index (χ4v) is 10.6. The molecule has 0 aliphatic rings. The van der Waals surface area contributed by atoms with E-state index in [1.165, 1.54) is 52.8 Å². The zero-order valence-electron chi connectivity index (χ0n) is 33.9. The van der Waals surface area contributed by atoms with E-state index in [4.69, 9.17) is 15.0 Å². The van der Waals surface area contributed by atoms with Crippen LogP contribution in [-0.2, 0) is 0 Å². The Morgan fingerprint density at radius 3 is 1.46 bits per heavy atom. The van der Waals surface area contributed by atoms with Crippen LogP contribution in [0.5, 0.6) is 0 Å². The molecule has 0 saturated heterocycles. The molecule has 0 radical (unpaired) electrons. The first-order valence-electron chi connectivity index (χ1n) is 21.2. The third-order valence-electron chi connectivity index (χ3n) is 12.4. The molecule has 0 aliphatic heterocycles. The first-order valence-corrected chi connectivity index (χ1v) is 22.0. The zero-order valence-corrected chi connectivity index (χ0v) is 34.7. The van der Waals surface area contributed by atoms with Crippen molar-refractivity contribution >= 4 is 75.1 Å². The first-order chi connectivity index (χ1) is 31.2. The van der Waals surface area contributed by atoms with Gasteiger partial charge in [-0.25, -0.2) is 15.0 Å². The lowest BCUT2D eigenvalue weighted by Crippen LogP contribution is -2.04. The Labute approximate surface area is 366 Å². The second-order valence-corrected chi connectivity index (χ2v) is 17.1. The van der Waals surface area contributed by atoms with E-state index in [0.717, 1.165) is 50.2 Å². The Balaban J connectivity index is 1.07. The summed E-state index contributed by atoms with van der Waals surface area (Å²) in [5.74, 6) is 1.86. The van der Waals surface area contributed by atoms with Crippen molar-refractivity contribution in [2.24, 2.45) is 0 Å². The van der Waals surface area contributed by atoms with Gasteiger partial charge in [0.05, 0.1) is 27.8 Å². The van der Waals surface area contributed by atoms with E-state index in [9.17, 15) is 0 Å². The highest BCUT2D eigenvalue weighted by atomic mass is 32.1. The van der Waals surface area contributed by atoms with Gasteiger partial charge in [-0.3, -0.25) is 0 Å². The predicted molar refractivity (Wildman–Crippen MR) is 263 cm³/mol. The van der Waals surface area contributed by atoms with Crippen molar-refractivity contribution in [3.8, 4) is 56.7 Å². The van der Waals surface area contributed by atoms with Crippen LogP contribution in [0.25, 0.3) is 120 Å². The predicted octanol–water partition coefficient (Wildman–Crippen LogP) is 15.1. The number of hydrogen-bond donors (Lipinski definition) is 0. The summed E-state index contributed by atoms with van der Waals surface area (Å²) >= 11 is 1.84. The molecule has 9 aromatic carbocycles. The van der Waals surface area contributed by atoms with Gasteiger partial charge in [-0.2, -0.15) is 0 Å². The van der Waals surface area contributed by atoms with Gasteiger partial charge in [0.25, 0.3) is 0 Å². The van der Waals surface area contributed by atoms with Gasteiger partial charge in [-0.15, -0.1) is 11.3 Å². The molecular weight excluding hydrogens is 787 g/mol. The van der Waals surface area contributed by atoms with Crippen molar-refractivity contribution in [3.05, 3.63) is 212 Å². The normalized spacial score (nSPS) is 11.8. The number of hydrogen-bond acceptors (Lipinski definition) is 4. The topological polar surface area (TPSA) is 48.5 Å². The van der Waals surface area contributed by atoms with E-state index in [2.05, 4.69) is 185 Å². The number of aromatic nitrogens is 5. The number of rotatable bonds is 6. The van der Waals surface area contributed by atoms with E-state index in [1.807, 2.05) is 47.7 Å². The Hall–Kier alpha value is -8.19. The van der Waals surface area contributed by atoms with E-state index >= 15 is 0 Å². The molecule has 294 valence electrons. The van der Waals surface area contributed by atoms with Gasteiger partial charge in [0.2, 0.25) is 0 Å². The number of fused-ring (bicyclic) bond motifs is 9. The fraction of sp³-hybridized carbons (Fsp3) is 0. The van der Waals surface area contributed by atoms with Gasteiger partial charge in [-0.05, 0) is 71.8 Å². The number of para-hydroxylation sites is 3. The van der Waals surface area contributed by atoms with E-state index < -0.39 is 0 Å². The third-order valence-corrected chi connectivity index (χ3v) is 13.5. The molecule has 6 heteroatoms. The Kier molecular flexibility index (Phi) is 8.01. The van der Waals surface area contributed by atoms with Gasteiger partial charge < -0.3 is 9.13 Å². The van der Waals surface area contributed by atoms with Crippen LogP contribution in [0.2, 0.25) is 0 Å². The molecule has 13 rings (SSSR count). The molecule has 63 heavy (non-hydrogen) atoms. The minimum absolute atomic E-state index is 0.607. The van der Waals surface area contributed by atoms with E-state index in [1.54, 1.807) is 0 Å². The lowest BCUT2D eigenvalue weighted by atomic mass is 9.99. The molecule has 0 amide bonds. The van der Waals surface area contributed by atoms with Gasteiger partial charge in [0.15, 0.2) is 17.5 Å². The van der Waals surface area contributed by atoms with Gasteiger partial charge >= 0.3 is 0 Å². The number of nitrogens with zero attached hydrogens (tertiary/aromatic N) is 5. The van der Waals surface area contributed by atoms with E-state index in [-0.39, 0.29) is 0 Å². The van der Waals surface area contributed by atoms with Crippen LogP contribution in [0, 0.1) is 0 Å². The van der Waals surface area contributed by atoms with E-state index in [0.29, 0.717) is 17.5 Å². The first kappa shape index (κ1) is 35.6. The van der Waals surface area contributed by atoms with Crippen molar-refractivity contribution in [2.45, 2.75) is 0 Å². The second kappa shape index (κ2) is 14.2. The minimum atomic E-state index is 0.607. The van der Waals surface area contributed by atoms with Crippen molar-refractivity contribution in [1.82, 2.24) is 24.1 Å². The number of thiophene rings is 1. The van der Waals surface area contributed by atoms with Gasteiger partial charge in [-0.1, -0.05) is 152 Å². The molecule has 0 aliphatic carbocycles. The van der Waals surface area contributed by atoms with Crippen molar-refractivity contribution in [1.29, 1.82) is 0 Å². The molecule has 13 aromatic rings. The molecule has 0 fully saturated rings. The molecule has 0 bridgehead atoms. The van der Waals surface area contributed by atoms with Crippen molar-refractivity contribution in [2.75, 3.05) is 0 Å². The summed E-state index contributed by atoms with van der Waals surface area (Å²) in [5.41, 5.74) is 11.7. The SMILES string of the molecule is c1ccc(-c2nc(-c3ccccc3)nc(-c3cc(-c4ccc5c(c4)sc4ccccc45)ccc3-n3c4ccccc4c4cc(-n5c6ccccc6c6ccccc65)ccc43)n2)cc1. The molecule has 0 atom stereocenters. The van der Waals surface area contributed by atoms with Crippen LogP contribution in [-0.4, -0.2) is 24.1 Å². The van der Waals surface area contributed by atoms with Crippen LogP contribution in [0.3, 0.4) is 0 Å². The summed E-state index contributed by atoms with van der Waals surface area (Å²) in [6, 6.07) is 75.7. The average Bonchev–Trinajstić information content (AvgIpc) is 4.01. The molecule has 0 unspecified atom stereocenters. The quantitative estimate of drug-likeness (QED) is 0.168. The minimum Gasteiger partial charge on any atom is -0.309 e. The van der Waals surface area contributed by atoms with Crippen LogP contribution < -0.4 is 0 Å². The third kappa shape index (κ3) is 5.73. The smallest absolute Gasteiger partial charge is 0.166 e. The highest BCUT2D eigenvalue weighted by Gasteiger charge is 2.22. The summed E-state index contributed by atoms with van der Waals surface area (Å²) in [6.07, 6.45) is 0. The zero-order chi connectivity index (χ0) is 41.4. The van der Waals surface area contributed by atoms with Gasteiger partial charge in [0, 0.05) is 64.1 Å². The average molecular weight is 822 g/mol. The standard InChI is InChI=1S/C57H35N5S/c1-3-15-36(16-4-1)55-58-56(37-17-5-2-6-18-37)60-57(59-55)47-33-38(39-27-30-45-44-22-10-14-26-53(44)63-54(45)34-39)28-31-52(47)62-50-25-13-9-21-43(50)46-35-40(29-32-51(46)62)61-48-23-11-7-19-41(48)42-20-8-12-24-49(42)61/h1-35H. The maximum absolute atomic E-state index is 5.31. The molecule has 0 N–H and O–H groups in total. The monoisotopic (exact) mass is 821 g/mol. The maximum Gasteiger partial charge on any atom is 0.166 e. The Morgan fingerprint density at radius 2 is 0.794 bits per heavy atom. The summed E-state index contributed by atoms with van der Waals surface area (Å²) in [5, 5.41) is 7.40. The highest BCUT2D eigenvalue weighted by molar-refractivity contribution is 7.25. The molecule has 4 heterocycles. The molecule has 4 aromatic heterocycles. The van der Waals surface area contributed by atoms with Gasteiger partial charge in [0.1, 0.15) is 0 Å². The largest absolute Gasteiger partial charge is 0.309 e. The lowest BCUT2D eigenvalue weighted by Gasteiger charge is -2.16. The lowest BCUT2D eigenvalue weighted by molar-refractivity contribution is 1.06. The second-order valence-electron chi connectivity index (χ2n) is 16.0. The molecule has 5 nitrogen and oxygen atoms in total. The van der Waals surface area contributed by atoms with Crippen LogP contribution in [0.1, 0.15) is 0 Å². The fourth-order valence-electron chi connectivity index (χ4n) is 9.48. The summed E-state index contributed by atoms with van der Waals surface area (Å²) in [7, 11) is 0. The van der Waals surface area contributed by atoms with Crippen molar-refractivity contribution in [3.63, 3.8) is 0 Å². The summed E-state index contributed by atoms with van der Waals surface area (Å²) in [4.78, 5) is 15.7. The molecular formula is C57H35N5S. The van der Waals surface area contributed by atoms with Crippen LogP contribution in [0.15, 0.2) is 212 Å². The molecule has 0 spiro atoms. The molecule has 0 saturated carbocycles. The van der Waals surface area contributed by atoms with Crippen LogP contribution in [0.4, 0.5) is 0 Å². The Bertz CT molecular complexity index is 3810. The summed E-state index contributed by atoms with van der Waals surface area (Å²) in [6.45, 7) is 0. The maximum atomic E-state index is 5.31. The summed E-state index contributed by atoms with van der Waals surface area (Å²) < 4.78 is 7.34. The van der Waals surface area contributed by atoms with Crippen LogP contribution >= 0.6 is 11.3 Å². The number of benzene rings is 9. The Morgan fingerprint density at radius 1 is 0.302 bits per heavy atom.